The molecule has 0 radical (unpaired) electrons. The van der Waals surface area contributed by atoms with Crippen LogP contribution < -0.4 is 5.32 Å². The Kier molecular flexibility index (Phi) is 7.63. The number of hydrogen-bond donors (Lipinski definition) is 3. The largest absolute Gasteiger partial charge is 0.480 e. The molecule has 206 valence electrons. The second-order valence-electron chi connectivity index (χ2n) is 12.9. The van der Waals surface area contributed by atoms with E-state index in [0.29, 0.717) is 30.6 Å². The van der Waals surface area contributed by atoms with Crippen molar-refractivity contribution in [3.05, 3.63) is 11.6 Å². The lowest BCUT2D eigenvalue weighted by molar-refractivity contribution is -0.159. The number of aliphatic hydroxyl groups is 1. The van der Waals surface area contributed by atoms with Crippen molar-refractivity contribution >= 4 is 23.4 Å². The zero-order valence-electron chi connectivity index (χ0n) is 23.0. The van der Waals surface area contributed by atoms with Gasteiger partial charge in [0.1, 0.15) is 11.6 Å². The van der Waals surface area contributed by atoms with E-state index in [0.717, 1.165) is 50.7 Å². The lowest BCUT2D eigenvalue weighted by Gasteiger charge is -2.59. The number of fused-ring (bicyclic) bond motifs is 5. The summed E-state index contributed by atoms with van der Waals surface area (Å²) in [6.45, 7) is 9.58. The number of nitrogens with zero attached hydrogens (tertiary/aromatic N) is 1. The first kappa shape index (κ1) is 27.8. The summed E-state index contributed by atoms with van der Waals surface area (Å²) in [7, 11) is 0. The molecule has 0 aromatic rings. The normalized spacial score (nSPS) is 38.7. The molecular weight excluding hydrogens is 472 g/mol. The molecule has 7 atom stereocenters. The van der Waals surface area contributed by atoms with Gasteiger partial charge in [0.05, 0.1) is 5.71 Å². The van der Waals surface area contributed by atoms with E-state index < -0.39 is 23.5 Å². The van der Waals surface area contributed by atoms with Gasteiger partial charge in [0, 0.05) is 5.41 Å². The smallest absolute Gasteiger partial charge is 0.326 e. The highest BCUT2D eigenvalue weighted by Gasteiger charge is 2.65. The predicted octanol–water partition coefficient (Wildman–Crippen LogP) is 4.26. The molecule has 0 unspecified atom stereocenters. The van der Waals surface area contributed by atoms with Gasteiger partial charge in [-0.15, -0.1) is 0 Å². The van der Waals surface area contributed by atoms with E-state index in [1.54, 1.807) is 6.92 Å². The van der Waals surface area contributed by atoms with Crippen molar-refractivity contribution in [3.63, 3.8) is 0 Å². The molecule has 8 nitrogen and oxygen atoms in total. The maximum atomic E-state index is 12.4. The van der Waals surface area contributed by atoms with Gasteiger partial charge in [-0.25, -0.2) is 4.79 Å². The number of amides is 1. The molecule has 0 aliphatic heterocycles. The van der Waals surface area contributed by atoms with Gasteiger partial charge in [-0.2, -0.15) is 0 Å². The maximum Gasteiger partial charge on any atom is 0.326 e. The Morgan fingerprint density at radius 2 is 1.81 bits per heavy atom. The molecule has 0 aromatic heterocycles. The van der Waals surface area contributed by atoms with Gasteiger partial charge in [0.25, 0.3) is 5.91 Å². The Balaban J connectivity index is 1.40. The van der Waals surface area contributed by atoms with Crippen molar-refractivity contribution in [1.29, 1.82) is 0 Å². The highest BCUT2D eigenvalue weighted by molar-refractivity contribution is 5.96. The van der Waals surface area contributed by atoms with Crippen molar-refractivity contribution in [2.75, 3.05) is 6.61 Å². The minimum atomic E-state index is -1.19. The summed E-state index contributed by atoms with van der Waals surface area (Å²) in [6, 6.07) is -0.930. The first-order valence-electron chi connectivity index (χ1n) is 14.0. The topological polar surface area (TPSA) is 125 Å². The number of nitrogens with one attached hydrogen (secondary N) is 1. The van der Waals surface area contributed by atoms with Crippen LogP contribution >= 0.6 is 0 Å². The third kappa shape index (κ3) is 4.86. The third-order valence-electron chi connectivity index (χ3n) is 10.4. The summed E-state index contributed by atoms with van der Waals surface area (Å²) >= 11 is 0. The fourth-order valence-corrected chi connectivity index (χ4v) is 8.34. The lowest BCUT2D eigenvalue weighted by atomic mass is 9.46. The summed E-state index contributed by atoms with van der Waals surface area (Å²) < 4.78 is 0. The number of carbonyl (C=O) groups excluding carboxylic acids is 2. The molecule has 0 aromatic carbocycles. The zero-order valence-corrected chi connectivity index (χ0v) is 23.0. The van der Waals surface area contributed by atoms with Crippen LogP contribution in [0.5, 0.6) is 0 Å². The van der Waals surface area contributed by atoms with E-state index in [-0.39, 0.29) is 29.1 Å². The van der Waals surface area contributed by atoms with Crippen LogP contribution in [0.25, 0.3) is 0 Å². The van der Waals surface area contributed by atoms with Crippen molar-refractivity contribution in [2.45, 2.75) is 104 Å². The summed E-state index contributed by atoms with van der Waals surface area (Å²) in [4.78, 5) is 41.3. The fourth-order valence-electron chi connectivity index (χ4n) is 8.34. The van der Waals surface area contributed by atoms with Gasteiger partial charge in [-0.3, -0.25) is 9.59 Å². The summed E-state index contributed by atoms with van der Waals surface area (Å²) in [5.41, 5.74) is 0.765. The number of carboxylic acid groups (broad SMARTS) is 1. The van der Waals surface area contributed by atoms with Crippen LogP contribution in [0.1, 0.15) is 92.4 Å². The summed E-state index contributed by atoms with van der Waals surface area (Å²) in [5.74, 6) is -0.0502. The van der Waals surface area contributed by atoms with Gasteiger partial charge in [0.15, 0.2) is 12.4 Å². The van der Waals surface area contributed by atoms with Crippen LogP contribution in [0.15, 0.2) is 16.8 Å². The van der Waals surface area contributed by atoms with Crippen molar-refractivity contribution in [3.8, 4) is 0 Å². The third-order valence-corrected chi connectivity index (χ3v) is 10.4. The van der Waals surface area contributed by atoms with Gasteiger partial charge < -0.3 is 20.4 Å². The average molecular weight is 517 g/mol. The molecule has 0 bridgehead atoms. The number of oxime groups is 1. The molecule has 0 saturated heterocycles. The SMILES string of the molecule is CC(=O)[C@@]1(O)CC[C@H]2[C@@H]3CCC4=CC(=NOCC(=O)N[C@@H](CC(C)C)C(=O)O)CC[C@]4(C)[C@H]3CC[C@@]21C. The Morgan fingerprint density at radius 1 is 1.11 bits per heavy atom. The van der Waals surface area contributed by atoms with Crippen LogP contribution in [-0.2, 0) is 19.2 Å². The molecule has 3 saturated carbocycles. The van der Waals surface area contributed by atoms with E-state index in [1.807, 2.05) is 13.8 Å². The van der Waals surface area contributed by atoms with Gasteiger partial charge in [-0.05, 0) is 99.9 Å². The van der Waals surface area contributed by atoms with Crippen LogP contribution in [0.3, 0.4) is 0 Å². The van der Waals surface area contributed by atoms with Crippen LogP contribution in [0.2, 0.25) is 0 Å². The quantitative estimate of drug-likeness (QED) is 0.414. The number of allylic oxidation sites excluding steroid dienone is 2. The average Bonchev–Trinajstić information content (AvgIpc) is 3.10. The van der Waals surface area contributed by atoms with E-state index in [1.165, 1.54) is 5.57 Å². The van der Waals surface area contributed by atoms with Gasteiger partial charge >= 0.3 is 5.97 Å². The first-order chi connectivity index (χ1) is 17.3. The zero-order chi connectivity index (χ0) is 27.2. The number of hydrogen-bond acceptors (Lipinski definition) is 6. The highest BCUT2D eigenvalue weighted by Crippen LogP contribution is 2.67. The summed E-state index contributed by atoms with van der Waals surface area (Å²) in [6.07, 6.45) is 9.66. The van der Waals surface area contributed by atoms with E-state index >= 15 is 0 Å². The van der Waals surface area contributed by atoms with E-state index in [2.05, 4.69) is 30.4 Å². The number of ketones is 1. The van der Waals surface area contributed by atoms with E-state index in [9.17, 15) is 24.6 Å². The number of carbonyl (C=O) groups is 3. The maximum absolute atomic E-state index is 12.4. The van der Waals surface area contributed by atoms with Crippen molar-refractivity contribution in [2.24, 2.45) is 39.7 Å². The monoisotopic (exact) mass is 516 g/mol. The molecule has 0 heterocycles. The lowest BCUT2D eigenvalue weighted by Crippen LogP contribution is -2.57. The predicted molar refractivity (Wildman–Crippen MR) is 140 cm³/mol. The van der Waals surface area contributed by atoms with Crippen LogP contribution in [0, 0.1) is 34.5 Å². The number of aliphatic carboxylic acids is 1. The molecule has 3 N–H and O–H groups in total. The fraction of sp³-hybridized carbons (Fsp3) is 0.793. The van der Waals surface area contributed by atoms with Crippen LogP contribution in [-0.4, -0.2) is 51.8 Å². The summed E-state index contributed by atoms with van der Waals surface area (Å²) in [5, 5.41) is 27.4. The number of carboxylic acids is 1. The van der Waals surface area contributed by atoms with E-state index in [4.69, 9.17) is 4.84 Å². The van der Waals surface area contributed by atoms with Gasteiger partial charge in [0.2, 0.25) is 0 Å². The minimum Gasteiger partial charge on any atom is -0.480 e. The minimum absolute atomic E-state index is 0.0725. The molecule has 4 aliphatic carbocycles. The molecular formula is C29H44N2O6. The van der Waals surface area contributed by atoms with Crippen LogP contribution in [0.4, 0.5) is 0 Å². The number of rotatable bonds is 8. The van der Waals surface area contributed by atoms with Crippen molar-refractivity contribution < 1.29 is 29.4 Å². The highest BCUT2D eigenvalue weighted by atomic mass is 16.6. The second kappa shape index (κ2) is 10.2. The molecule has 37 heavy (non-hydrogen) atoms. The number of Topliss-reactive ketones (excluding diaryl/α,β-unsaturated/α-hetero) is 1. The molecule has 8 heteroatoms. The van der Waals surface area contributed by atoms with Gasteiger partial charge in [-0.1, -0.05) is 38.4 Å². The molecule has 0 spiro atoms. The Hall–Kier alpha value is -2.22. The molecule has 1 amide bonds. The Labute approximate surface area is 220 Å². The Morgan fingerprint density at radius 3 is 2.46 bits per heavy atom. The molecule has 4 aliphatic rings. The standard InChI is InChI=1S/C29H44N2O6/c1-17(2)14-24(26(34)35)30-25(33)16-37-31-20-8-11-27(4)19(15-20)6-7-21-22(27)9-12-28(5)23(21)10-13-29(28,36)18(3)32/h15,17,21-24,36H,6-14,16H2,1-5H3,(H,30,33)(H,34,35)/t21-,22+,23+,24+,27+,28+,29+/m1/s1. The molecule has 4 rings (SSSR count). The Bertz CT molecular complexity index is 1000. The second-order valence-corrected chi connectivity index (χ2v) is 12.9. The molecule has 3 fully saturated rings. The van der Waals surface area contributed by atoms with Crippen molar-refractivity contribution in [1.82, 2.24) is 5.32 Å². The first-order valence-corrected chi connectivity index (χ1v) is 14.0.